The van der Waals surface area contributed by atoms with E-state index in [4.69, 9.17) is 4.74 Å². The first-order chi connectivity index (χ1) is 11.0. The molecule has 124 valence electrons. The number of sulfone groups is 1. The number of ether oxygens (including phenoxy) is 1. The molecular weight excluding hydrogens is 314 g/mol. The van der Waals surface area contributed by atoms with E-state index in [1.807, 2.05) is 13.0 Å². The smallest absolute Gasteiger partial charge is 0.248 e. The number of hydrogen-bond donors (Lipinski definition) is 1. The molecule has 1 N–H and O–H groups in total. The Morgan fingerprint density at radius 1 is 1.30 bits per heavy atom. The molecule has 5 nitrogen and oxygen atoms in total. The van der Waals surface area contributed by atoms with Crippen LogP contribution in [-0.2, 0) is 19.4 Å². The van der Waals surface area contributed by atoms with Gasteiger partial charge in [0.25, 0.3) is 0 Å². The van der Waals surface area contributed by atoms with E-state index in [1.165, 1.54) is 18.2 Å². The Labute approximate surface area is 137 Å². The molecule has 1 aromatic rings. The zero-order valence-electron chi connectivity index (χ0n) is 13.1. The maximum atomic E-state index is 12.3. The Morgan fingerprint density at radius 3 is 2.65 bits per heavy atom. The number of carbonyl (C=O) groups is 1. The maximum Gasteiger partial charge on any atom is 0.248 e. The van der Waals surface area contributed by atoms with E-state index < -0.39 is 9.84 Å². The summed E-state index contributed by atoms with van der Waals surface area (Å²) in [5, 5.41) is 2.68. The standard InChI is InChI=1S/C17H21NO4S/c1-2-3-4-5-17(19)18-15-6-8-16(9-7-15)23(20,21)13-14-10-11-22-12-14/h2-9,14H,10-13H2,1H3,(H,18,19)/b3-2+,5-4-/t14-/m0/s1. The largest absolute Gasteiger partial charge is 0.381 e. The third-order valence-corrected chi connectivity index (χ3v) is 5.41. The normalized spacial score (nSPS) is 18.7. The van der Waals surface area contributed by atoms with Gasteiger partial charge in [-0.3, -0.25) is 4.79 Å². The summed E-state index contributed by atoms with van der Waals surface area (Å²) in [5.41, 5.74) is 0.559. The van der Waals surface area contributed by atoms with Crippen molar-refractivity contribution < 1.29 is 17.9 Å². The van der Waals surface area contributed by atoms with Gasteiger partial charge in [0, 0.05) is 18.4 Å². The highest BCUT2D eigenvalue weighted by molar-refractivity contribution is 7.91. The monoisotopic (exact) mass is 335 g/mol. The molecule has 0 spiro atoms. The summed E-state index contributed by atoms with van der Waals surface area (Å²) in [6.45, 7) is 3.00. The Hall–Kier alpha value is -1.92. The highest BCUT2D eigenvalue weighted by Crippen LogP contribution is 2.21. The zero-order chi connectivity index (χ0) is 16.7. The van der Waals surface area contributed by atoms with Gasteiger partial charge in [-0.05, 0) is 43.5 Å². The minimum Gasteiger partial charge on any atom is -0.381 e. The van der Waals surface area contributed by atoms with Crippen LogP contribution in [0.5, 0.6) is 0 Å². The van der Waals surface area contributed by atoms with Gasteiger partial charge in [0.2, 0.25) is 5.91 Å². The van der Waals surface area contributed by atoms with Gasteiger partial charge < -0.3 is 10.1 Å². The minimum absolute atomic E-state index is 0.0659. The van der Waals surface area contributed by atoms with E-state index in [-0.39, 0.29) is 22.5 Å². The summed E-state index contributed by atoms with van der Waals surface area (Å²) in [4.78, 5) is 11.9. The average Bonchev–Trinajstić information content (AvgIpc) is 3.00. The molecule has 1 aromatic carbocycles. The molecule has 0 radical (unpaired) electrons. The summed E-state index contributed by atoms with van der Waals surface area (Å²) >= 11 is 0. The molecule has 1 amide bonds. The van der Waals surface area contributed by atoms with E-state index in [2.05, 4.69) is 5.32 Å². The molecule has 1 saturated heterocycles. The van der Waals surface area contributed by atoms with Crippen LogP contribution in [0.15, 0.2) is 53.5 Å². The van der Waals surface area contributed by atoms with Gasteiger partial charge in [0.05, 0.1) is 17.3 Å². The van der Waals surface area contributed by atoms with Gasteiger partial charge >= 0.3 is 0 Å². The van der Waals surface area contributed by atoms with Crippen LogP contribution in [0.2, 0.25) is 0 Å². The lowest BCUT2D eigenvalue weighted by atomic mass is 10.2. The molecule has 0 bridgehead atoms. The number of amides is 1. The van der Waals surface area contributed by atoms with Gasteiger partial charge in [-0.1, -0.05) is 18.2 Å². The second kappa shape index (κ2) is 8.08. The van der Waals surface area contributed by atoms with Crippen LogP contribution in [0.3, 0.4) is 0 Å². The molecule has 1 fully saturated rings. The number of carbonyl (C=O) groups excluding carboxylic acids is 1. The Morgan fingerprint density at radius 2 is 2.04 bits per heavy atom. The second-order valence-electron chi connectivity index (χ2n) is 5.41. The molecule has 1 aliphatic heterocycles. The third-order valence-electron chi connectivity index (χ3n) is 3.51. The number of hydrogen-bond acceptors (Lipinski definition) is 4. The first kappa shape index (κ1) is 17.4. The molecule has 0 aromatic heterocycles. The Bertz CT molecular complexity index is 684. The highest BCUT2D eigenvalue weighted by Gasteiger charge is 2.24. The average molecular weight is 335 g/mol. The van der Waals surface area contributed by atoms with Crippen LogP contribution >= 0.6 is 0 Å². The second-order valence-corrected chi connectivity index (χ2v) is 7.44. The zero-order valence-corrected chi connectivity index (χ0v) is 13.9. The molecule has 1 aliphatic rings. The summed E-state index contributed by atoms with van der Waals surface area (Å²) in [7, 11) is -3.32. The van der Waals surface area contributed by atoms with Crippen molar-refractivity contribution in [3.63, 3.8) is 0 Å². The number of anilines is 1. The molecule has 6 heteroatoms. The first-order valence-corrected chi connectivity index (χ1v) is 9.17. The number of allylic oxidation sites excluding steroid dienone is 3. The lowest BCUT2D eigenvalue weighted by molar-refractivity contribution is -0.111. The molecule has 2 rings (SSSR count). The number of nitrogens with one attached hydrogen (secondary N) is 1. The number of benzene rings is 1. The lowest BCUT2D eigenvalue weighted by Gasteiger charge is -2.09. The van der Waals surface area contributed by atoms with E-state index in [0.29, 0.717) is 18.9 Å². The SMILES string of the molecule is C/C=C/C=C\C(=O)Nc1ccc(S(=O)(=O)C[C@H]2CCOC2)cc1. The first-order valence-electron chi connectivity index (χ1n) is 7.52. The quantitative estimate of drug-likeness (QED) is 0.640. The van der Waals surface area contributed by atoms with Crippen molar-refractivity contribution in [2.75, 3.05) is 24.3 Å². The summed E-state index contributed by atoms with van der Waals surface area (Å²) in [5.74, 6) is -0.0944. The van der Waals surface area contributed by atoms with Crippen LogP contribution < -0.4 is 5.32 Å². The summed E-state index contributed by atoms with van der Waals surface area (Å²) in [6, 6.07) is 6.24. The third kappa shape index (κ3) is 5.33. The van der Waals surface area contributed by atoms with E-state index >= 15 is 0 Å². The van der Waals surface area contributed by atoms with Crippen LogP contribution in [-0.4, -0.2) is 33.3 Å². The molecular formula is C17H21NO4S. The van der Waals surface area contributed by atoms with Crippen LogP contribution in [0.4, 0.5) is 5.69 Å². The van der Waals surface area contributed by atoms with Gasteiger partial charge in [0.15, 0.2) is 9.84 Å². The van der Waals surface area contributed by atoms with Gasteiger partial charge in [-0.2, -0.15) is 0 Å². The summed E-state index contributed by atoms with van der Waals surface area (Å²) in [6.07, 6.45) is 7.40. The van der Waals surface area contributed by atoms with Crippen molar-refractivity contribution in [2.24, 2.45) is 5.92 Å². The van der Waals surface area contributed by atoms with Crippen molar-refractivity contribution in [2.45, 2.75) is 18.2 Å². The van der Waals surface area contributed by atoms with Gasteiger partial charge in [0.1, 0.15) is 0 Å². The van der Waals surface area contributed by atoms with Gasteiger partial charge in [-0.15, -0.1) is 0 Å². The molecule has 1 atom stereocenters. The number of rotatable bonds is 6. The van der Waals surface area contributed by atoms with Crippen molar-refractivity contribution >= 4 is 21.4 Å². The predicted molar refractivity (Wildman–Crippen MR) is 90.0 cm³/mol. The Balaban J connectivity index is 1.99. The molecule has 1 heterocycles. The highest BCUT2D eigenvalue weighted by atomic mass is 32.2. The van der Waals surface area contributed by atoms with Crippen LogP contribution in [0.1, 0.15) is 13.3 Å². The Kier molecular flexibility index (Phi) is 6.12. The maximum absolute atomic E-state index is 12.3. The topological polar surface area (TPSA) is 72.5 Å². The van der Waals surface area contributed by atoms with E-state index in [0.717, 1.165) is 6.42 Å². The molecule has 0 saturated carbocycles. The van der Waals surface area contributed by atoms with Crippen molar-refractivity contribution in [3.8, 4) is 0 Å². The fraction of sp³-hybridized carbons (Fsp3) is 0.353. The molecule has 0 aliphatic carbocycles. The fourth-order valence-corrected chi connectivity index (χ4v) is 3.93. The lowest BCUT2D eigenvalue weighted by Crippen LogP contribution is -2.16. The summed E-state index contributed by atoms with van der Waals surface area (Å²) < 4.78 is 29.9. The van der Waals surface area contributed by atoms with Crippen molar-refractivity contribution in [1.82, 2.24) is 0 Å². The molecule has 0 unspecified atom stereocenters. The van der Waals surface area contributed by atoms with Crippen LogP contribution in [0, 0.1) is 5.92 Å². The minimum atomic E-state index is -3.32. The van der Waals surface area contributed by atoms with E-state index in [9.17, 15) is 13.2 Å². The van der Waals surface area contributed by atoms with Gasteiger partial charge in [-0.25, -0.2) is 8.42 Å². The van der Waals surface area contributed by atoms with Crippen molar-refractivity contribution in [3.05, 3.63) is 48.6 Å². The fourth-order valence-electron chi connectivity index (χ4n) is 2.30. The predicted octanol–water partition coefficient (Wildman–Crippen LogP) is 2.57. The van der Waals surface area contributed by atoms with E-state index in [1.54, 1.807) is 24.3 Å². The molecule has 23 heavy (non-hydrogen) atoms. The van der Waals surface area contributed by atoms with Crippen molar-refractivity contribution in [1.29, 1.82) is 0 Å². The van der Waals surface area contributed by atoms with Crippen LogP contribution in [0.25, 0.3) is 0 Å².